The van der Waals surface area contributed by atoms with Crippen LogP contribution in [0.4, 0.5) is 4.79 Å². The summed E-state index contributed by atoms with van der Waals surface area (Å²) in [6.45, 7) is 4.22. The molecule has 0 aromatic heterocycles. The first-order valence-electron chi connectivity index (χ1n) is 16.9. The van der Waals surface area contributed by atoms with E-state index in [2.05, 4.69) is 16.0 Å². The maximum Gasteiger partial charge on any atom is 0.408 e. The Kier molecular flexibility index (Phi) is 12.5. The number of fused-ring (bicyclic) bond motifs is 4. The lowest BCUT2D eigenvalue weighted by molar-refractivity contribution is -0.131. The highest BCUT2D eigenvalue weighted by Crippen LogP contribution is 2.23. The van der Waals surface area contributed by atoms with E-state index in [4.69, 9.17) is 9.47 Å². The van der Waals surface area contributed by atoms with Crippen LogP contribution in [0.25, 0.3) is 0 Å². The van der Waals surface area contributed by atoms with Crippen molar-refractivity contribution < 1.29 is 28.7 Å². The van der Waals surface area contributed by atoms with Crippen molar-refractivity contribution in [2.45, 2.75) is 77.1 Å². The lowest BCUT2D eigenvalue weighted by atomic mass is 10.0. The molecule has 3 N–H and O–H groups in total. The number of rotatable bonds is 6. The zero-order chi connectivity index (χ0) is 33.7. The number of amides is 4. The maximum atomic E-state index is 13.8. The zero-order valence-electron chi connectivity index (χ0n) is 27.6. The van der Waals surface area contributed by atoms with Gasteiger partial charge in [-0.25, -0.2) is 4.79 Å². The van der Waals surface area contributed by atoms with Gasteiger partial charge in [0.05, 0.1) is 6.61 Å². The molecule has 2 aliphatic rings. The van der Waals surface area contributed by atoms with Gasteiger partial charge < -0.3 is 30.3 Å². The Morgan fingerprint density at radius 3 is 2.46 bits per heavy atom. The van der Waals surface area contributed by atoms with Crippen molar-refractivity contribution in [3.05, 3.63) is 101 Å². The topological polar surface area (TPSA) is 126 Å². The molecular formula is C38H46N4O6. The number of carbonyl (C=O) groups is 4. The van der Waals surface area contributed by atoms with Gasteiger partial charge in [0.1, 0.15) is 24.4 Å². The van der Waals surface area contributed by atoms with Crippen molar-refractivity contribution in [1.29, 1.82) is 0 Å². The first kappa shape index (κ1) is 34.5. The molecule has 0 saturated carbocycles. The molecule has 48 heavy (non-hydrogen) atoms. The summed E-state index contributed by atoms with van der Waals surface area (Å²) in [4.78, 5) is 55.3. The number of ether oxygens (including phenoxy) is 2. The highest BCUT2D eigenvalue weighted by atomic mass is 16.5. The third-order valence-corrected chi connectivity index (χ3v) is 9.11. The molecule has 3 atom stereocenters. The molecule has 10 heteroatoms. The second kappa shape index (κ2) is 17.3. The lowest BCUT2D eigenvalue weighted by Gasteiger charge is -2.24. The molecule has 3 aromatic carbocycles. The van der Waals surface area contributed by atoms with E-state index in [0.717, 1.165) is 40.8 Å². The van der Waals surface area contributed by atoms with Gasteiger partial charge in [-0.2, -0.15) is 0 Å². The van der Waals surface area contributed by atoms with Gasteiger partial charge >= 0.3 is 6.09 Å². The number of alkyl carbamates (subject to hydrolysis) is 1. The summed E-state index contributed by atoms with van der Waals surface area (Å²) in [5.74, 6) is 0.282. The number of hydrogen-bond acceptors (Lipinski definition) is 6. The molecule has 1 fully saturated rings. The molecule has 0 spiro atoms. The molecule has 4 bridgehead atoms. The molecule has 2 heterocycles. The van der Waals surface area contributed by atoms with Gasteiger partial charge in [-0.1, -0.05) is 66.7 Å². The van der Waals surface area contributed by atoms with Gasteiger partial charge in [0.2, 0.25) is 17.7 Å². The van der Waals surface area contributed by atoms with Crippen LogP contribution in [0.15, 0.2) is 78.9 Å². The quantitative estimate of drug-likeness (QED) is 0.350. The van der Waals surface area contributed by atoms with Crippen molar-refractivity contribution in [1.82, 2.24) is 20.9 Å². The van der Waals surface area contributed by atoms with Gasteiger partial charge in [0.25, 0.3) is 0 Å². The Bertz CT molecular complexity index is 1530. The first-order chi connectivity index (χ1) is 23.3. The molecule has 5 rings (SSSR count). The van der Waals surface area contributed by atoms with E-state index in [9.17, 15) is 19.2 Å². The van der Waals surface area contributed by atoms with Gasteiger partial charge in [-0.15, -0.1) is 0 Å². The highest BCUT2D eigenvalue weighted by Gasteiger charge is 2.29. The number of nitrogens with one attached hydrogen (secondary N) is 3. The molecule has 4 amide bonds. The lowest BCUT2D eigenvalue weighted by Crippen LogP contribution is -2.54. The Balaban J connectivity index is 1.34. The van der Waals surface area contributed by atoms with Crippen LogP contribution >= 0.6 is 0 Å². The van der Waals surface area contributed by atoms with Gasteiger partial charge in [0.15, 0.2) is 0 Å². The fourth-order valence-corrected chi connectivity index (χ4v) is 6.16. The monoisotopic (exact) mass is 654 g/mol. The van der Waals surface area contributed by atoms with Crippen LogP contribution in [0.1, 0.15) is 60.8 Å². The minimum atomic E-state index is -0.999. The van der Waals surface area contributed by atoms with Crippen LogP contribution in [0.2, 0.25) is 0 Å². The van der Waals surface area contributed by atoms with Crippen molar-refractivity contribution in [2.24, 2.45) is 5.92 Å². The maximum absolute atomic E-state index is 13.8. The minimum absolute atomic E-state index is 0.0296. The van der Waals surface area contributed by atoms with E-state index < -0.39 is 24.1 Å². The molecule has 1 unspecified atom stereocenters. The van der Waals surface area contributed by atoms with Gasteiger partial charge in [-0.05, 0) is 85.8 Å². The molecule has 3 aromatic rings. The van der Waals surface area contributed by atoms with E-state index >= 15 is 0 Å². The Labute approximate surface area is 282 Å². The predicted molar refractivity (Wildman–Crippen MR) is 182 cm³/mol. The van der Waals surface area contributed by atoms with E-state index in [-0.39, 0.29) is 37.8 Å². The zero-order valence-corrected chi connectivity index (χ0v) is 27.6. The van der Waals surface area contributed by atoms with Gasteiger partial charge in [-0.3, -0.25) is 14.4 Å². The second-order valence-electron chi connectivity index (χ2n) is 12.7. The molecule has 10 nitrogen and oxygen atoms in total. The third-order valence-electron chi connectivity index (χ3n) is 9.11. The van der Waals surface area contributed by atoms with Crippen molar-refractivity contribution in [2.75, 3.05) is 19.7 Å². The fourth-order valence-electron chi connectivity index (χ4n) is 6.16. The normalized spacial score (nSPS) is 21.0. The van der Waals surface area contributed by atoms with E-state index in [1.807, 2.05) is 90.7 Å². The summed E-state index contributed by atoms with van der Waals surface area (Å²) in [7, 11) is 0. The van der Waals surface area contributed by atoms with E-state index in [1.54, 1.807) is 0 Å². The number of benzene rings is 3. The molecule has 0 aliphatic carbocycles. The van der Waals surface area contributed by atoms with Crippen molar-refractivity contribution in [3.8, 4) is 5.75 Å². The Morgan fingerprint density at radius 1 is 0.938 bits per heavy atom. The van der Waals surface area contributed by atoms with Crippen molar-refractivity contribution in [3.63, 3.8) is 0 Å². The summed E-state index contributed by atoms with van der Waals surface area (Å²) >= 11 is 0. The second-order valence-corrected chi connectivity index (χ2v) is 12.7. The Morgan fingerprint density at radius 2 is 1.69 bits per heavy atom. The molecule has 254 valence electrons. The number of carbonyl (C=O) groups excluding carboxylic acids is 4. The van der Waals surface area contributed by atoms with Crippen LogP contribution in [-0.4, -0.2) is 60.5 Å². The molecule has 0 radical (unpaired) electrons. The van der Waals surface area contributed by atoms with E-state index in [1.165, 1.54) is 0 Å². The summed E-state index contributed by atoms with van der Waals surface area (Å²) in [5, 5.41) is 8.62. The molecule has 2 aliphatic heterocycles. The third kappa shape index (κ3) is 10.3. The molecular weight excluding hydrogens is 608 g/mol. The SMILES string of the molecule is Cc1ccc2cc1CNC(=O)[C@H](CCc1ccccc1)NC(=O)[C@@H](NC(=O)OCc1ccccc1)CCCC(=O)N1CCC(CCO2)C1. The predicted octanol–water partition coefficient (Wildman–Crippen LogP) is 4.83. The van der Waals surface area contributed by atoms with Gasteiger partial charge in [0, 0.05) is 26.1 Å². The van der Waals surface area contributed by atoms with Crippen LogP contribution in [0.3, 0.4) is 0 Å². The van der Waals surface area contributed by atoms with E-state index in [0.29, 0.717) is 44.9 Å². The highest BCUT2D eigenvalue weighted by molar-refractivity contribution is 5.91. The summed E-state index contributed by atoms with van der Waals surface area (Å²) < 4.78 is 11.5. The largest absolute Gasteiger partial charge is 0.494 e. The average molecular weight is 655 g/mol. The standard InChI is InChI=1S/C38H46N4O6/c1-27-15-17-32-23-31(27)24-39-36(44)34(18-16-28-9-4-2-5-10-28)40-37(45)33(41-38(46)48-26-30-11-6-3-7-12-30)13-8-14-35(43)42-21-19-29(25-42)20-22-47-32/h2-7,9-12,15,17,23,29,33-34H,8,13-14,16,18-22,24-26H2,1H3,(H,39,44)(H,40,45)(H,41,46)/t29?,33-,34-/m0/s1. The van der Waals surface area contributed by atoms with Crippen LogP contribution in [0.5, 0.6) is 5.75 Å². The number of aryl methyl sites for hydroxylation is 2. The average Bonchev–Trinajstić information content (AvgIpc) is 3.58. The minimum Gasteiger partial charge on any atom is -0.494 e. The molecule has 1 saturated heterocycles. The van der Waals surface area contributed by atoms with Crippen LogP contribution < -0.4 is 20.7 Å². The summed E-state index contributed by atoms with van der Waals surface area (Å²) in [5.41, 5.74) is 3.78. The number of nitrogens with zero attached hydrogens (tertiary/aromatic N) is 1. The smallest absolute Gasteiger partial charge is 0.408 e. The fraction of sp³-hybridized carbons (Fsp3) is 0.421. The first-order valence-corrected chi connectivity index (χ1v) is 16.9. The van der Waals surface area contributed by atoms with Crippen LogP contribution in [0, 0.1) is 12.8 Å². The number of hydrogen-bond donors (Lipinski definition) is 3. The Hall–Kier alpha value is -4.86. The summed E-state index contributed by atoms with van der Waals surface area (Å²) in [6, 6.07) is 23.0. The van der Waals surface area contributed by atoms with Crippen molar-refractivity contribution >= 4 is 23.8 Å². The summed E-state index contributed by atoms with van der Waals surface area (Å²) in [6.07, 6.45) is 2.77. The van der Waals surface area contributed by atoms with Crippen LogP contribution in [-0.2, 0) is 38.7 Å².